The number of carbonyl (C=O) groups excluding carboxylic acids is 2. The molecule has 4 nitrogen and oxygen atoms in total. The number of halogens is 2. The van der Waals surface area contributed by atoms with Gasteiger partial charge in [-0.15, -0.1) is 12.3 Å². The number of terminal acetylenes is 1. The van der Waals surface area contributed by atoms with Gasteiger partial charge in [0.1, 0.15) is 17.7 Å². The largest absolute Gasteiger partial charge is 0.368 e. The molecule has 0 spiro atoms. The quantitative estimate of drug-likeness (QED) is 0.762. The van der Waals surface area contributed by atoms with Crippen LogP contribution in [0.4, 0.5) is 8.78 Å². The average Bonchev–Trinajstić information content (AvgIpc) is 2.33. The fraction of sp³-hybridized carbons (Fsp3) is 0.231. The Morgan fingerprint density at radius 3 is 2.42 bits per heavy atom. The third-order valence-corrected chi connectivity index (χ3v) is 2.40. The number of rotatable bonds is 5. The molecule has 1 atom stereocenters. The first kappa shape index (κ1) is 14.6. The van der Waals surface area contributed by atoms with E-state index in [9.17, 15) is 18.4 Å². The van der Waals surface area contributed by atoms with Crippen LogP contribution in [0, 0.1) is 24.0 Å². The van der Waals surface area contributed by atoms with Gasteiger partial charge in [0, 0.05) is 12.0 Å². The molecule has 0 aliphatic heterocycles. The predicted molar refractivity (Wildman–Crippen MR) is 64.6 cm³/mol. The van der Waals surface area contributed by atoms with Gasteiger partial charge in [0.2, 0.25) is 11.8 Å². The topological polar surface area (TPSA) is 72.2 Å². The molecule has 3 N–H and O–H groups in total. The van der Waals surface area contributed by atoms with Crippen LogP contribution in [0.2, 0.25) is 0 Å². The van der Waals surface area contributed by atoms with Gasteiger partial charge >= 0.3 is 0 Å². The smallest absolute Gasteiger partial charge is 0.240 e. The standard InChI is InChI=1S/C13H12F2N2O2/c1-2-4-11(13(16)19)17-12(18)7-8-9(14)5-3-6-10(8)15/h1,3,5-6,11H,4,7H2,(H2,16,19)(H,17,18)/t11-/m1/s1. The Balaban J connectivity index is 2.75. The van der Waals surface area contributed by atoms with Gasteiger partial charge in [0.05, 0.1) is 6.42 Å². The van der Waals surface area contributed by atoms with Crippen molar-refractivity contribution in [2.24, 2.45) is 5.73 Å². The minimum absolute atomic E-state index is 0.0825. The minimum atomic E-state index is -1.05. The van der Waals surface area contributed by atoms with Gasteiger partial charge in [-0.1, -0.05) is 6.07 Å². The number of hydrogen-bond acceptors (Lipinski definition) is 2. The van der Waals surface area contributed by atoms with Gasteiger partial charge in [-0.3, -0.25) is 9.59 Å². The number of benzene rings is 1. The van der Waals surface area contributed by atoms with Crippen LogP contribution < -0.4 is 11.1 Å². The van der Waals surface area contributed by atoms with Crippen LogP contribution in [0.25, 0.3) is 0 Å². The highest BCUT2D eigenvalue weighted by atomic mass is 19.1. The van der Waals surface area contributed by atoms with Crippen molar-refractivity contribution in [3.8, 4) is 12.3 Å². The van der Waals surface area contributed by atoms with Crippen LogP contribution in [0.5, 0.6) is 0 Å². The Morgan fingerprint density at radius 1 is 1.37 bits per heavy atom. The summed E-state index contributed by atoms with van der Waals surface area (Å²) in [6.07, 6.45) is 4.40. The first-order valence-electron chi connectivity index (χ1n) is 5.40. The van der Waals surface area contributed by atoms with Crippen LogP contribution in [-0.2, 0) is 16.0 Å². The van der Waals surface area contributed by atoms with Crippen molar-refractivity contribution in [1.29, 1.82) is 0 Å². The molecule has 6 heteroatoms. The highest BCUT2D eigenvalue weighted by Crippen LogP contribution is 2.12. The molecule has 2 amide bonds. The first-order chi connectivity index (χ1) is 8.95. The molecular formula is C13H12F2N2O2. The molecule has 0 heterocycles. The van der Waals surface area contributed by atoms with Gasteiger partial charge in [-0.2, -0.15) is 0 Å². The summed E-state index contributed by atoms with van der Waals surface area (Å²) in [5.41, 5.74) is 4.66. The summed E-state index contributed by atoms with van der Waals surface area (Å²) in [4.78, 5) is 22.6. The molecule has 0 aliphatic rings. The highest BCUT2D eigenvalue weighted by Gasteiger charge is 2.19. The number of nitrogens with two attached hydrogens (primary N) is 1. The lowest BCUT2D eigenvalue weighted by atomic mass is 10.1. The summed E-state index contributed by atoms with van der Waals surface area (Å²) >= 11 is 0. The van der Waals surface area contributed by atoms with Gasteiger partial charge in [0.15, 0.2) is 0 Å². The Labute approximate surface area is 109 Å². The van der Waals surface area contributed by atoms with E-state index in [1.807, 2.05) is 0 Å². The lowest BCUT2D eigenvalue weighted by molar-refractivity contribution is -0.126. The van der Waals surface area contributed by atoms with Crippen LogP contribution >= 0.6 is 0 Å². The SMILES string of the molecule is C#CC[C@@H](NC(=O)Cc1c(F)cccc1F)C(N)=O. The van der Waals surface area contributed by atoms with Crippen molar-refractivity contribution in [3.05, 3.63) is 35.4 Å². The fourth-order valence-electron chi connectivity index (χ4n) is 1.45. The number of nitrogens with one attached hydrogen (secondary N) is 1. The maximum Gasteiger partial charge on any atom is 0.240 e. The van der Waals surface area contributed by atoms with E-state index < -0.39 is 35.9 Å². The molecule has 0 saturated heterocycles. The van der Waals surface area contributed by atoms with Crippen molar-refractivity contribution in [2.75, 3.05) is 0 Å². The second-order valence-electron chi connectivity index (χ2n) is 3.81. The van der Waals surface area contributed by atoms with Crippen LogP contribution in [-0.4, -0.2) is 17.9 Å². The average molecular weight is 266 g/mol. The van der Waals surface area contributed by atoms with E-state index in [0.29, 0.717) is 0 Å². The molecule has 0 bridgehead atoms. The van der Waals surface area contributed by atoms with Crippen molar-refractivity contribution >= 4 is 11.8 Å². The summed E-state index contributed by atoms with van der Waals surface area (Å²) in [7, 11) is 0. The third kappa shape index (κ3) is 4.07. The number of hydrogen-bond donors (Lipinski definition) is 2. The van der Waals surface area contributed by atoms with Crippen LogP contribution in [0.3, 0.4) is 0 Å². The van der Waals surface area contributed by atoms with Gasteiger partial charge in [0.25, 0.3) is 0 Å². The zero-order chi connectivity index (χ0) is 14.4. The molecule has 0 radical (unpaired) electrons. The van der Waals surface area contributed by atoms with E-state index >= 15 is 0 Å². The van der Waals surface area contributed by atoms with E-state index in [4.69, 9.17) is 12.2 Å². The summed E-state index contributed by atoms with van der Waals surface area (Å²) in [6, 6.07) is 2.22. The Kier molecular flexibility index (Phi) is 5.01. The van der Waals surface area contributed by atoms with E-state index in [1.54, 1.807) is 0 Å². The number of carbonyl (C=O) groups is 2. The zero-order valence-corrected chi connectivity index (χ0v) is 9.95. The maximum absolute atomic E-state index is 13.3. The van der Waals surface area contributed by atoms with E-state index in [1.165, 1.54) is 6.07 Å². The summed E-state index contributed by atoms with van der Waals surface area (Å²) < 4.78 is 26.6. The molecule has 1 aromatic carbocycles. The molecule has 1 rings (SSSR count). The molecular weight excluding hydrogens is 254 g/mol. The highest BCUT2D eigenvalue weighted by molar-refractivity contribution is 5.87. The normalized spacial score (nSPS) is 11.4. The molecule has 100 valence electrons. The molecule has 1 aromatic rings. The second-order valence-corrected chi connectivity index (χ2v) is 3.81. The Morgan fingerprint density at radius 2 is 1.95 bits per heavy atom. The Bertz CT molecular complexity index is 518. The zero-order valence-electron chi connectivity index (χ0n) is 9.95. The molecule has 0 unspecified atom stereocenters. The van der Waals surface area contributed by atoms with Crippen LogP contribution in [0.15, 0.2) is 18.2 Å². The van der Waals surface area contributed by atoms with Crippen molar-refractivity contribution in [2.45, 2.75) is 18.9 Å². The van der Waals surface area contributed by atoms with E-state index in [2.05, 4.69) is 11.2 Å². The summed E-state index contributed by atoms with van der Waals surface area (Å²) in [5, 5.41) is 2.23. The molecule has 0 saturated carbocycles. The molecule has 0 aromatic heterocycles. The maximum atomic E-state index is 13.3. The predicted octanol–water partition coefficient (Wildman–Crippen LogP) is 0.501. The Hall–Kier alpha value is -2.42. The summed E-state index contributed by atoms with van der Waals surface area (Å²) in [6.45, 7) is 0. The lowest BCUT2D eigenvalue weighted by Gasteiger charge is -2.13. The van der Waals surface area contributed by atoms with Crippen molar-refractivity contribution < 1.29 is 18.4 Å². The van der Waals surface area contributed by atoms with Crippen LogP contribution in [0.1, 0.15) is 12.0 Å². The fourth-order valence-corrected chi connectivity index (χ4v) is 1.45. The lowest BCUT2D eigenvalue weighted by Crippen LogP contribution is -2.44. The van der Waals surface area contributed by atoms with Gasteiger partial charge in [-0.05, 0) is 12.1 Å². The van der Waals surface area contributed by atoms with Gasteiger partial charge < -0.3 is 11.1 Å². The van der Waals surface area contributed by atoms with E-state index in [0.717, 1.165) is 12.1 Å². The second kappa shape index (κ2) is 6.50. The molecule has 0 fully saturated rings. The first-order valence-corrected chi connectivity index (χ1v) is 5.40. The third-order valence-electron chi connectivity index (χ3n) is 2.40. The minimum Gasteiger partial charge on any atom is -0.368 e. The number of primary amides is 1. The molecule has 19 heavy (non-hydrogen) atoms. The molecule has 0 aliphatic carbocycles. The number of amides is 2. The van der Waals surface area contributed by atoms with Crippen molar-refractivity contribution in [3.63, 3.8) is 0 Å². The van der Waals surface area contributed by atoms with E-state index in [-0.39, 0.29) is 12.0 Å². The summed E-state index contributed by atoms with van der Waals surface area (Å²) in [5.74, 6) is -1.02. The monoisotopic (exact) mass is 266 g/mol. The van der Waals surface area contributed by atoms with Crippen molar-refractivity contribution in [1.82, 2.24) is 5.32 Å². The van der Waals surface area contributed by atoms with Gasteiger partial charge in [-0.25, -0.2) is 8.78 Å².